The average molecular weight is 399 g/mol. The highest BCUT2D eigenvalue weighted by atomic mass is 16.2. The Morgan fingerprint density at radius 1 is 0.967 bits per heavy atom. The topological polar surface area (TPSA) is 80.1 Å². The summed E-state index contributed by atoms with van der Waals surface area (Å²) < 4.78 is 1.80. The minimum absolute atomic E-state index is 0.0421. The summed E-state index contributed by atoms with van der Waals surface area (Å²) in [6, 6.07) is 20.4. The summed E-state index contributed by atoms with van der Waals surface area (Å²) in [6.07, 6.45) is 1.62. The number of aromatic nitrogens is 3. The van der Waals surface area contributed by atoms with Crippen LogP contribution in [0.4, 0.5) is 5.82 Å². The van der Waals surface area contributed by atoms with E-state index in [2.05, 4.69) is 15.4 Å². The molecule has 0 saturated heterocycles. The van der Waals surface area contributed by atoms with Crippen molar-refractivity contribution in [1.82, 2.24) is 19.7 Å². The zero-order valence-electron chi connectivity index (χ0n) is 16.7. The Morgan fingerprint density at radius 2 is 1.70 bits per heavy atom. The van der Waals surface area contributed by atoms with E-state index < -0.39 is 0 Å². The van der Waals surface area contributed by atoms with Crippen LogP contribution in [0.1, 0.15) is 26.4 Å². The van der Waals surface area contributed by atoms with Crippen LogP contribution in [0, 0.1) is 0 Å². The van der Waals surface area contributed by atoms with Crippen LogP contribution in [-0.2, 0) is 6.54 Å². The second-order valence-corrected chi connectivity index (χ2v) is 7.09. The lowest BCUT2D eigenvalue weighted by Crippen LogP contribution is -2.21. The average Bonchev–Trinajstić information content (AvgIpc) is 3.13. The standard InChI is InChI=1S/C23H21N5O2/c1-27(2)23(30)17-12-10-16(11-13-17)15-28-19-8-4-3-7-18(19)21(26-28)22(29)25-20-9-5-6-14-24-20/h3-14H,15H2,1-2H3,(H,24,25,29). The molecule has 2 aromatic heterocycles. The first kappa shape index (κ1) is 19.3. The van der Waals surface area contributed by atoms with Gasteiger partial charge in [-0.25, -0.2) is 4.98 Å². The molecule has 0 bridgehead atoms. The van der Waals surface area contributed by atoms with Gasteiger partial charge in [-0.1, -0.05) is 36.4 Å². The molecule has 0 aliphatic heterocycles. The first-order valence-corrected chi connectivity index (χ1v) is 9.51. The third-order valence-corrected chi connectivity index (χ3v) is 4.72. The minimum atomic E-state index is -0.310. The van der Waals surface area contributed by atoms with Gasteiger partial charge in [0.1, 0.15) is 5.82 Å². The fourth-order valence-electron chi connectivity index (χ4n) is 3.21. The van der Waals surface area contributed by atoms with Gasteiger partial charge >= 0.3 is 0 Å². The van der Waals surface area contributed by atoms with E-state index in [-0.39, 0.29) is 11.8 Å². The highest BCUT2D eigenvalue weighted by molar-refractivity contribution is 6.10. The summed E-state index contributed by atoms with van der Waals surface area (Å²) in [5.74, 6) is 0.123. The number of carbonyl (C=O) groups is 2. The second kappa shape index (κ2) is 8.16. The quantitative estimate of drug-likeness (QED) is 0.558. The maximum absolute atomic E-state index is 12.8. The van der Waals surface area contributed by atoms with Crippen LogP contribution in [0.2, 0.25) is 0 Å². The highest BCUT2D eigenvalue weighted by Crippen LogP contribution is 2.21. The van der Waals surface area contributed by atoms with E-state index in [1.165, 1.54) is 0 Å². The van der Waals surface area contributed by atoms with Gasteiger partial charge in [-0.2, -0.15) is 5.10 Å². The van der Waals surface area contributed by atoms with E-state index in [9.17, 15) is 9.59 Å². The molecular weight excluding hydrogens is 378 g/mol. The van der Waals surface area contributed by atoms with Crippen molar-refractivity contribution in [3.8, 4) is 0 Å². The van der Waals surface area contributed by atoms with Crippen molar-refractivity contribution in [1.29, 1.82) is 0 Å². The van der Waals surface area contributed by atoms with Crippen LogP contribution in [0.15, 0.2) is 72.9 Å². The SMILES string of the molecule is CN(C)C(=O)c1ccc(Cn2nc(C(=O)Nc3ccccn3)c3ccccc32)cc1. The van der Waals surface area contributed by atoms with Crippen molar-refractivity contribution in [3.05, 3.63) is 89.7 Å². The van der Waals surface area contributed by atoms with E-state index in [4.69, 9.17) is 0 Å². The molecule has 4 aromatic rings. The lowest BCUT2D eigenvalue weighted by atomic mass is 10.1. The summed E-state index contributed by atoms with van der Waals surface area (Å²) in [6.45, 7) is 0.480. The Hall–Kier alpha value is -4.00. The number of amides is 2. The molecule has 0 radical (unpaired) electrons. The molecule has 0 unspecified atom stereocenters. The summed E-state index contributed by atoms with van der Waals surface area (Å²) in [5, 5.41) is 8.13. The number of anilines is 1. The van der Waals surface area contributed by atoms with Crippen LogP contribution >= 0.6 is 0 Å². The normalized spacial score (nSPS) is 10.7. The molecule has 1 N–H and O–H groups in total. The third-order valence-electron chi connectivity index (χ3n) is 4.72. The third kappa shape index (κ3) is 3.91. The molecule has 7 heteroatoms. The number of rotatable bonds is 5. The van der Waals surface area contributed by atoms with E-state index in [0.29, 0.717) is 23.6 Å². The molecule has 0 fully saturated rings. The molecule has 150 valence electrons. The molecule has 0 aliphatic rings. The van der Waals surface area contributed by atoms with Crippen molar-refractivity contribution in [2.45, 2.75) is 6.54 Å². The monoisotopic (exact) mass is 399 g/mol. The van der Waals surface area contributed by atoms with Gasteiger partial charge < -0.3 is 10.2 Å². The first-order chi connectivity index (χ1) is 14.5. The van der Waals surface area contributed by atoms with Crippen molar-refractivity contribution >= 4 is 28.5 Å². The summed E-state index contributed by atoms with van der Waals surface area (Å²) >= 11 is 0. The number of hydrogen-bond acceptors (Lipinski definition) is 4. The Labute approximate surface area is 174 Å². The molecule has 4 rings (SSSR count). The van der Waals surface area contributed by atoms with E-state index in [1.807, 2.05) is 42.5 Å². The van der Waals surface area contributed by atoms with Crippen molar-refractivity contribution in [2.24, 2.45) is 0 Å². The maximum Gasteiger partial charge on any atom is 0.277 e. The molecule has 0 atom stereocenters. The van der Waals surface area contributed by atoms with Crippen LogP contribution in [0.3, 0.4) is 0 Å². The smallest absolute Gasteiger partial charge is 0.277 e. The number of nitrogens with one attached hydrogen (secondary N) is 1. The minimum Gasteiger partial charge on any atom is -0.345 e. The van der Waals surface area contributed by atoms with Crippen LogP contribution in [0.25, 0.3) is 10.9 Å². The van der Waals surface area contributed by atoms with Crippen molar-refractivity contribution < 1.29 is 9.59 Å². The van der Waals surface area contributed by atoms with E-state index in [0.717, 1.165) is 16.5 Å². The number of hydrogen-bond donors (Lipinski definition) is 1. The predicted octanol–water partition coefficient (Wildman–Crippen LogP) is 3.43. The molecule has 2 aromatic carbocycles. The Morgan fingerprint density at radius 3 is 2.40 bits per heavy atom. The van der Waals surface area contributed by atoms with E-state index >= 15 is 0 Å². The highest BCUT2D eigenvalue weighted by Gasteiger charge is 2.18. The van der Waals surface area contributed by atoms with E-state index in [1.54, 1.807) is 54.1 Å². The van der Waals surface area contributed by atoms with Gasteiger partial charge in [0.25, 0.3) is 11.8 Å². The molecule has 0 aliphatic carbocycles. The van der Waals surface area contributed by atoms with Gasteiger partial charge in [0, 0.05) is 31.2 Å². The number of carbonyl (C=O) groups excluding carboxylic acids is 2. The molecule has 30 heavy (non-hydrogen) atoms. The Bertz CT molecular complexity index is 1200. The number of pyridine rings is 1. The van der Waals surface area contributed by atoms with Crippen molar-refractivity contribution in [2.75, 3.05) is 19.4 Å². The van der Waals surface area contributed by atoms with Gasteiger partial charge in [-0.15, -0.1) is 0 Å². The lowest BCUT2D eigenvalue weighted by molar-refractivity contribution is 0.0827. The van der Waals surface area contributed by atoms with Crippen LogP contribution < -0.4 is 5.32 Å². The second-order valence-electron chi connectivity index (χ2n) is 7.09. The molecule has 0 saturated carbocycles. The Balaban J connectivity index is 1.62. The number of nitrogens with zero attached hydrogens (tertiary/aromatic N) is 4. The maximum atomic E-state index is 12.8. The predicted molar refractivity (Wildman–Crippen MR) is 115 cm³/mol. The van der Waals surface area contributed by atoms with Gasteiger partial charge in [0.2, 0.25) is 0 Å². The molecule has 2 amide bonds. The summed E-state index contributed by atoms with van der Waals surface area (Å²) in [4.78, 5) is 30.6. The van der Waals surface area contributed by atoms with Crippen molar-refractivity contribution in [3.63, 3.8) is 0 Å². The van der Waals surface area contributed by atoms with Crippen LogP contribution in [0.5, 0.6) is 0 Å². The zero-order chi connectivity index (χ0) is 21.1. The van der Waals surface area contributed by atoms with Gasteiger partial charge in [-0.3, -0.25) is 14.3 Å². The largest absolute Gasteiger partial charge is 0.345 e. The molecule has 2 heterocycles. The number of benzene rings is 2. The summed E-state index contributed by atoms with van der Waals surface area (Å²) in [7, 11) is 3.45. The zero-order valence-corrected chi connectivity index (χ0v) is 16.7. The lowest BCUT2D eigenvalue weighted by Gasteiger charge is -2.10. The summed E-state index contributed by atoms with van der Waals surface area (Å²) in [5.41, 5.74) is 2.81. The fourth-order valence-corrected chi connectivity index (χ4v) is 3.21. The number of para-hydroxylation sites is 1. The molecule has 0 spiro atoms. The van der Waals surface area contributed by atoms with Gasteiger partial charge in [0.05, 0.1) is 12.1 Å². The molecular formula is C23H21N5O2. The Kier molecular flexibility index (Phi) is 5.26. The first-order valence-electron chi connectivity index (χ1n) is 9.51. The molecule has 7 nitrogen and oxygen atoms in total. The van der Waals surface area contributed by atoms with Gasteiger partial charge in [-0.05, 0) is 35.9 Å². The fraction of sp³-hybridized carbons (Fsp3) is 0.130. The number of fused-ring (bicyclic) bond motifs is 1. The van der Waals surface area contributed by atoms with Crippen LogP contribution in [-0.4, -0.2) is 45.6 Å². The van der Waals surface area contributed by atoms with Gasteiger partial charge in [0.15, 0.2) is 5.69 Å².